The van der Waals surface area contributed by atoms with Crippen molar-refractivity contribution in [3.8, 4) is 11.3 Å². The van der Waals surface area contributed by atoms with Crippen molar-refractivity contribution in [3.63, 3.8) is 0 Å². The largest absolute Gasteiger partial charge is 0.333 e. The Bertz CT molecular complexity index is 618. The number of rotatable bonds is 5. The molecule has 21 heavy (non-hydrogen) atoms. The van der Waals surface area contributed by atoms with E-state index in [4.69, 9.17) is 28.9 Å². The van der Waals surface area contributed by atoms with Gasteiger partial charge in [-0.25, -0.2) is 4.98 Å². The first kappa shape index (κ1) is 16.3. The van der Waals surface area contributed by atoms with Crippen LogP contribution in [0.5, 0.6) is 0 Å². The smallest absolute Gasteiger partial charge is 0.0956 e. The molecule has 0 fully saturated rings. The molecule has 5 heteroatoms. The van der Waals surface area contributed by atoms with Gasteiger partial charge in [-0.2, -0.15) is 0 Å². The molecule has 1 aromatic carbocycles. The summed E-state index contributed by atoms with van der Waals surface area (Å²) >= 11 is 12.3. The van der Waals surface area contributed by atoms with E-state index in [1.165, 1.54) is 0 Å². The molecule has 1 atom stereocenters. The predicted molar refractivity (Wildman–Crippen MR) is 89.7 cm³/mol. The van der Waals surface area contributed by atoms with Gasteiger partial charge in [-0.15, -0.1) is 0 Å². The molecule has 0 aliphatic heterocycles. The number of aromatic nitrogens is 2. The molecule has 1 unspecified atom stereocenters. The molecule has 3 nitrogen and oxygen atoms in total. The lowest BCUT2D eigenvalue weighted by Gasteiger charge is -2.15. The molecule has 0 radical (unpaired) electrons. The minimum absolute atomic E-state index is 0.110. The van der Waals surface area contributed by atoms with Gasteiger partial charge in [-0.1, -0.05) is 37.0 Å². The van der Waals surface area contributed by atoms with E-state index in [0.717, 1.165) is 29.9 Å². The van der Waals surface area contributed by atoms with Crippen LogP contribution in [0.4, 0.5) is 0 Å². The molecular weight excluding hydrogens is 305 g/mol. The van der Waals surface area contributed by atoms with E-state index in [1.807, 2.05) is 25.4 Å². The molecule has 0 bridgehead atoms. The van der Waals surface area contributed by atoms with Gasteiger partial charge in [0, 0.05) is 23.2 Å². The first-order valence-corrected chi connectivity index (χ1v) is 7.91. The molecule has 0 amide bonds. The van der Waals surface area contributed by atoms with E-state index >= 15 is 0 Å². The van der Waals surface area contributed by atoms with Crippen LogP contribution in [0, 0.1) is 5.92 Å². The van der Waals surface area contributed by atoms with Gasteiger partial charge >= 0.3 is 0 Å². The fraction of sp³-hybridized carbons (Fsp3) is 0.438. The second kappa shape index (κ2) is 6.82. The summed E-state index contributed by atoms with van der Waals surface area (Å²) in [5.41, 5.74) is 8.88. The average Bonchev–Trinajstić information content (AvgIpc) is 2.80. The summed E-state index contributed by atoms with van der Waals surface area (Å²) in [5.74, 6) is 0.635. The lowest BCUT2D eigenvalue weighted by Crippen LogP contribution is -2.14. The number of nitrogens with zero attached hydrogens (tertiary/aromatic N) is 2. The average molecular weight is 326 g/mol. The van der Waals surface area contributed by atoms with E-state index in [1.54, 1.807) is 6.07 Å². The molecule has 0 spiro atoms. The first-order valence-electron chi connectivity index (χ1n) is 7.16. The Kier molecular flexibility index (Phi) is 5.31. The lowest BCUT2D eigenvalue weighted by atomic mass is 10.1. The zero-order valence-electron chi connectivity index (χ0n) is 12.6. The number of aryl methyl sites for hydroxylation is 1. The van der Waals surface area contributed by atoms with Gasteiger partial charge in [0.25, 0.3) is 0 Å². The lowest BCUT2D eigenvalue weighted by molar-refractivity contribution is 0.500. The Morgan fingerprint density at radius 1 is 1.24 bits per heavy atom. The van der Waals surface area contributed by atoms with Crippen LogP contribution in [0.1, 0.15) is 38.9 Å². The molecule has 114 valence electrons. The van der Waals surface area contributed by atoms with Crippen molar-refractivity contribution in [3.05, 3.63) is 40.3 Å². The second-order valence-electron chi connectivity index (χ2n) is 5.77. The van der Waals surface area contributed by atoms with Gasteiger partial charge in [0.05, 0.1) is 22.7 Å². The minimum atomic E-state index is -0.110. The van der Waals surface area contributed by atoms with E-state index in [0.29, 0.717) is 16.0 Å². The van der Waals surface area contributed by atoms with Crippen LogP contribution >= 0.6 is 23.2 Å². The Hall–Kier alpha value is -1.03. The van der Waals surface area contributed by atoms with Gasteiger partial charge in [0.1, 0.15) is 0 Å². The number of hydrogen-bond donors (Lipinski definition) is 1. The Labute approximate surface area is 136 Å². The standard InChI is InChI=1S/C16H21Cl2N3/c1-10(2)6-7-21-9-20-15(16(21)11(3)19)13-5-4-12(17)8-14(13)18/h4-5,8-11H,6-7,19H2,1-3H3. The number of imidazole rings is 1. The third-order valence-electron chi connectivity index (χ3n) is 3.44. The van der Waals surface area contributed by atoms with Crippen LogP contribution in [-0.4, -0.2) is 9.55 Å². The summed E-state index contributed by atoms with van der Waals surface area (Å²) in [6.45, 7) is 7.29. The molecule has 0 saturated heterocycles. The highest BCUT2D eigenvalue weighted by Crippen LogP contribution is 2.33. The van der Waals surface area contributed by atoms with Crippen molar-refractivity contribution in [2.45, 2.75) is 39.8 Å². The topological polar surface area (TPSA) is 43.8 Å². The highest BCUT2D eigenvalue weighted by Gasteiger charge is 2.18. The van der Waals surface area contributed by atoms with Crippen molar-refractivity contribution in [1.29, 1.82) is 0 Å². The third kappa shape index (κ3) is 3.79. The van der Waals surface area contributed by atoms with Crippen LogP contribution in [0.3, 0.4) is 0 Å². The highest BCUT2D eigenvalue weighted by atomic mass is 35.5. The van der Waals surface area contributed by atoms with Crippen LogP contribution in [0.2, 0.25) is 10.0 Å². The Morgan fingerprint density at radius 3 is 2.52 bits per heavy atom. The number of halogens is 2. The van der Waals surface area contributed by atoms with Gasteiger partial charge in [0.2, 0.25) is 0 Å². The Morgan fingerprint density at radius 2 is 1.95 bits per heavy atom. The quantitative estimate of drug-likeness (QED) is 0.847. The number of nitrogens with two attached hydrogens (primary N) is 1. The van der Waals surface area contributed by atoms with Crippen molar-refractivity contribution < 1.29 is 0 Å². The monoisotopic (exact) mass is 325 g/mol. The molecule has 2 aromatic rings. The first-order chi connectivity index (χ1) is 9.90. The van der Waals surface area contributed by atoms with Gasteiger partial charge in [-0.05, 0) is 37.5 Å². The third-order valence-corrected chi connectivity index (χ3v) is 3.99. The molecule has 1 heterocycles. The number of hydrogen-bond acceptors (Lipinski definition) is 2. The molecular formula is C16H21Cl2N3. The maximum Gasteiger partial charge on any atom is 0.0956 e. The molecule has 0 saturated carbocycles. The van der Waals surface area contributed by atoms with Gasteiger partial charge in [-0.3, -0.25) is 0 Å². The summed E-state index contributed by atoms with van der Waals surface area (Å²) in [6.07, 6.45) is 2.94. The maximum absolute atomic E-state index is 6.30. The van der Waals surface area contributed by atoms with E-state index in [9.17, 15) is 0 Å². The van der Waals surface area contributed by atoms with Crippen LogP contribution in [0.15, 0.2) is 24.5 Å². The van der Waals surface area contributed by atoms with Crippen LogP contribution in [-0.2, 0) is 6.54 Å². The van der Waals surface area contributed by atoms with Crippen molar-refractivity contribution >= 4 is 23.2 Å². The molecule has 2 rings (SSSR count). The van der Waals surface area contributed by atoms with Crippen LogP contribution < -0.4 is 5.73 Å². The summed E-state index contributed by atoms with van der Waals surface area (Å²) in [6, 6.07) is 5.34. The van der Waals surface area contributed by atoms with Crippen LogP contribution in [0.25, 0.3) is 11.3 Å². The zero-order valence-corrected chi connectivity index (χ0v) is 14.1. The zero-order chi connectivity index (χ0) is 15.6. The maximum atomic E-state index is 6.30. The normalized spacial score (nSPS) is 12.9. The second-order valence-corrected chi connectivity index (χ2v) is 6.61. The van der Waals surface area contributed by atoms with Crippen molar-refractivity contribution in [2.75, 3.05) is 0 Å². The van der Waals surface area contributed by atoms with Crippen molar-refractivity contribution in [2.24, 2.45) is 11.7 Å². The summed E-state index contributed by atoms with van der Waals surface area (Å²) < 4.78 is 2.13. The van der Waals surface area contributed by atoms with E-state index in [2.05, 4.69) is 23.4 Å². The predicted octanol–water partition coefficient (Wildman–Crippen LogP) is 4.92. The molecule has 0 aliphatic rings. The fourth-order valence-corrected chi connectivity index (χ4v) is 2.83. The summed E-state index contributed by atoms with van der Waals surface area (Å²) in [4.78, 5) is 4.53. The summed E-state index contributed by atoms with van der Waals surface area (Å²) in [7, 11) is 0. The molecule has 2 N–H and O–H groups in total. The van der Waals surface area contributed by atoms with Gasteiger partial charge in [0.15, 0.2) is 0 Å². The van der Waals surface area contributed by atoms with E-state index < -0.39 is 0 Å². The van der Waals surface area contributed by atoms with E-state index in [-0.39, 0.29) is 6.04 Å². The van der Waals surface area contributed by atoms with Gasteiger partial charge < -0.3 is 10.3 Å². The minimum Gasteiger partial charge on any atom is -0.333 e. The number of benzene rings is 1. The molecule has 1 aromatic heterocycles. The van der Waals surface area contributed by atoms with Crippen molar-refractivity contribution in [1.82, 2.24) is 9.55 Å². The summed E-state index contributed by atoms with van der Waals surface area (Å²) in [5, 5.41) is 1.21. The highest BCUT2D eigenvalue weighted by molar-refractivity contribution is 6.36. The SMILES string of the molecule is CC(C)CCn1cnc(-c2ccc(Cl)cc2Cl)c1C(C)N. The molecule has 0 aliphatic carbocycles. The Balaban J connectivity index is 2.44. The fourth-order valence-electron chi connectivity index (χ4n) is 2.33.